The Kier molecular flexibility index (Phi) is 13.2. The summed E-state index contributed by atoms with van der Waals surface area (Å²) in [6.07, 6.45) is 7.45. The Morgan fingerprint density at radius 3 is 1.43 bits per heavy atom. The maximum Gasteiger partial charge on any atom is 0.410 e. The lowest BCUT2D eigenvalue weighted by molar-refractivity contribution is -0.121. The van der Waals surface area contributed by atoms with E-state index in [4.69, 9.17) is 14.2 Å². The van der Waals surface area contributed by atoms with E-state index in [1.807, 2.05) is 41.5 Å². The molecule has 35 heavy (non-hydrogen) atoms. The molecular formula is C24H45IN2O7S. The first-order valence-corrected chi connectivity index (χ1v) is 14.6. The van der Waals surface area contributed by atoms with Crippen LogP contribution in [0.2, 0.25) is 0 Å². The SMILES string of the molecule is CC(C)(C)OC(=O)N1CCC(=O)CC1.CC(C)(C)OC(=O)N1CCC2(CC1)CO2.C[S+](C)(C)=O.[I-]. The Morgan fingerprint density at radius 2 is 1.14 bits per heavy atom. The predicted molar refractivity (Wildman–Crippen MR) is 134 cm³/mol. The topological polar surface area (TPSA) is 106 Å². The first kappa shape index (κ1) is 34.0. The van der Waals surface area contributed by atoms with Crippen molar-refractivity contribution in [3.05, 3.63) is 0 Å². The summed E-state index contributed by atoms with van der Waals surface area (Å²) in [7, 11) is -1.42. The third-order valence-electron chi connectivity index (χ3n) is 4.85. The van der Waals surface area contributed by atoms with Crippen LogP contribution in [0.25, 0.3) is 0 Å². The van der Waals surface area contributed by atoms with Crippen LogP contribution in [0.3, 0.4) is 0 Å². The summed E-state index contributed by atoms with van der Waals surface area (Å²) in [6.45, 7) is 14.5. The molecule has 3 heterocycles. The molecule has 0 saturated carbocycles. The molecule has 3 aliphatic heterocycles. The largest absolute Gasteiger partial charge is 1.00 e. The molecule has 0 unspecified atom stereocenters. The first-order valence-electron chi connectivity index (χ1n) is 11.8. The maximum atomic E-state index is 11.7. The maximum absolute atomic E-state index is 11.7. The molecule has 3 fully saturated rings. The number of carbonyl (C=O) groups excluding carboxylic acids is 3. The summed E-state index contributed by atoms with van der Waals surface area (Å²) < 4.78 is 26.1. The standard InChI is InChI=1S/C11H19NO3.C10H17NO3.C3H9OS.HI/c1-10(2,3)15-9(13)12-6-4-11(5-7-12)8-14-11;1-10(2,3)14-9(13)11-6-4-8(12)5-7-11;1-5(2,3)4;/h4-8H2,1-3H3;4-7H2,1-3H3;1-3H3;1H/q;;+1;/p-1. The quantitative estimate of drug-likeness (QED) is 0.221. The van der Waals surface area contributed by atoms with E-state index >= 15 is 0 Å². The van der Waals surface area contributed by atoms with Crippen molar-refractivity contribution in [1.29, 1.82) is 0 Å². The number of Topliss-reactive ketones (excluding diaryl/α,β-unsaturated/α-hetero) is 1. The van der Waals surface area contributed by atoms with Gasteiger partial charge in [-0.3, -0.25) is 4.79 Å². The summed E-state index contributed by atoms with van der Waals surface area (Å²) in [5.74, 6) is 0.227. The third kappa shape index (κ3) is 16.4. The number of likely N-dealkylation sites (tertiary alicyclic amines) is 2. The lowest BCUT2D eigenvalue weighted by Crippen LogP contribution is -3.00. The molecule has 0 radical (unpaired) electrons. The molecule has 1 spiro atoms. The smallest absolute Gasteiger partial charge is 0.410 e. The van der Waals surface area contributed by atoms with E-state index in [0.29, 0.717) is 25.9 Å². The molecule has 0 aromatic rings. The van der Waals surface area contributed by atoms with Crippen LogP contribution in [0.4, 0.5) is 9.59 Å². The lowest BCUT2D eigenvalue weighted by atomic mass is 9.98. The van der Waals surface area contributed by atoms with Crippen LogP contribution in [0.15, 0.2) is 0 Å². The number of rotatable bonds is 0. The van der Waals surface area contributed by atoms with Gasteiger partial charge < -0.3 is 48.0 Å². The number of hydrogen-bond acceptors (Lipinski definition) is 7. The Morgan fingerprint density at radius 1 is 0.829 bits per heavy atom. The molecule has 0 bridgehead atoms. The molecule has 0 aliphatic carbocycles. The van der Waals surface area contributed by atoms with Gasteiger partial charge in [-0.2, -0.15) is 0 Å². The van der Waals surface area contributed by atoms with Crippen molar-refractivity contribution in [2.45, 2.75) is 84.0 Å². The first-order chi connectivity index (χ1) is 15.3. The van der Waals surface area contributed by atoms with E-state index in [1.54, 1.807) is 28.6 Å². The van der Waals surface area contributed by atoms with Crippen LogP contribution >= 0.6 is 0 Å². The Hall–Kier alpha value is -0.950. The van der Waals surface area contributed by atoms with Gasteiger partial charge in [0.25, 0.3) is 0 Å². The highest BCUT2D eigenvalue weighted by molar-refractivity contribution is 8.00. The van der Waals surface area contributed by atoms with Crippen molar-refractivity contribution in [3.63, 3.8) is 0 Å². The minimum Gasteiger partial charge on any atom is -1.00 e. The molecule has 0 atom stereocenters. The van der Waals surface area contributed by atoms with Crippen LogP contribution in [0, 0.1) is 0 Å². The van der Waals surface area contributed by atoms with Gasteiger partial charge in [-0.15, -0.1) is 4.21 Å². The fraction of sp³-hybridized carbons (Fsp3) is 0.875. The number of ether oxygens (including phenoxy) is 3. The van der Waals surface area contributed by atoms with Gasteiger partial charge in [-0.1, -0.05) is 0 Å². The van der Waals surface area contributed by atoms with Crippen molar-refractivity contribution in [2.24, 2.45) is 0 Å². The van der Waals surface area contributed by atoms with Crippen LogP contribution in [0.1, 0.15) is 67.2 Å². The van der Waals surface area contributed by atoms with Crippen molar-refractivity contribution in [1.82, 2.24) is 9.80 Å². The van der Waals surface area contributed by atoms with E-state index < -0.39 is 21.1 Å². The number of halogens is 1. The average molecular weight is 633 g/mol. The summed E-state index contributed by atoms with van der Waals surface area (Å²) in [5.41, 5.74) is -0.737. The van der Waals surface area contributed by atoms with E-state index in [0.717, 1.165) is 32.5 Å². The van der Waals surface area contributed by atoms with Crippen molar-refractivity contribution in [3.8, 4) is 0 Å². The molecule has 3 saturated heterocycles. The van der Waals surface area contributed by atoms with Crippen LogP contribution < -0.4 is 24.0 Å². The Balaban J connectivity index is 0.000000544. The van der Waals surface area contributed by atoms with Crippen molar-refractivity contribution >= 4 is 27.9 Å². The van der Waals surface area contributed by atoms with Gasteiger partial charge in [0.15, 0.2) is 0 Å². The number of piperidine rings is 2. The number of amides is 2. The molecule has 3 rings (SSSR count). The summed E-state index contributed by atoms with van der Waals surface area (Å²) >= 11 is 0. The van der Waals surface area contributed by atoms with E-state index in [2.05, 4.69) is 0 Å². The zero-order valence-corrected chi connectivity index (χ0v) is 25.9. The highest BCUT2D eigenvalue weighted by atomic mass is 127. The van der Waals surface area contributed by atoms with Gasteiger partial charge in [-0.25, -0.2) is 9.59 Å². The minimum atomic E-state index is -1.42. The monoisotopic (exact) mass is 632 g/mol. The molecular weight excluding hydrogens is 587 g/mol. The number of ketones is 1. The lowest BCUT2D eigenvalue weighted by Gasteiger charge is -2.32. The van der Waals surface area contributed by atoms with Gasteiger partial charge >= 0.3 is 12.2 Å². The number of nitrogens with zero attached hydrogens (tertiary/aromatic N) is 2. The molecule has 0 N–H and O–H groups in total. The molecule has 206 valence electrons. The molecule has 0 aromatic carbocycles. The van der Waals surface area contributed by atoms with Gasteiger partial charge in [0, 0.05) is 39.0 Å². The van der Waals surface area contributed by atoms with Crippen LogP contribution in [-0.2, 0) is 33.1 Å². The number of epoxide rings is 1. The van der Waals surface area contributed by atoms with Crippen molar-refractivity contribution < 1.29 is 56.8 Å². The van der Waals surface area contributed by atoms with Crippen LogP contribution in [0.5, 0.6) is 0 Å². The van der Waals surface area contributed by atoms with Gasteiger partial charge in [0.05, 0.1) is 22.1 Å². The molecule has 3 aliphatic rings. The average Bonchev–Trinajstić information content (AvgIpc) is 3.38. The summed E-state index contributed by atoms with van der Waals surface area (Å²) in [5, 5.41) is 0. The number of hydrogen-bond donors (Lipinski definition) is 0. The van der Waals surface area contributed by atoms with E-state index in [-0.39, 0.29) is 47.5 Å². The fourth-order valence-electron chi connectivity index (χ4n) is 3.08. The van der Waals surface area contributed by atoms with Crippen molar-refractivity contribution in [2.75, 3.05) is 51.6 Å². The Labute approximate surface area is 229 Å². The molecule has 2 amide bonds. The Bertz CT molecular complexity index is 739. The molecule has 0 aromatic heterocycles. The van der Waals surface area contributed by atoms with Gasteiger partial charge in [0.2, 0.25) is 0 Å². The van der Waals surface area contributed by atoms with E-state index in [1.165, 1.54) is 0 Å². The van der Waals surface area contributed by atoms with Gasteiger partial charge in [0.1, 0.15) is 35.8 Å². The highest BCUT2D eigenvalue weighted by Gasteiger charge is 2.47. The second-order valence-corrected chi connectivity index (χ2v) is 15.1. The third-order valence-corrected chi connectivity index (χ3v) is 4.85. The van der Waals surface area contributed by atoms with E-state index in [9.17, 15) is 18.6 Å². The minimum absolute atomic E-state index is 0. The second-order valence-electron chi connectivity index (χ2n) is 11.7. The fourth-order valence-corrected chi connectivity index (χ4v) is 3.08. The second kappa shape index (κ2) is 13.6. The van der Waals surface area contributed by atoms with Crippen LogP contribution in [-0.4, -0.2) is 96.1 Å². The zero-order chi connectivity index (χ0) is 26.4. The highest BCUT2D eigenvalue weighted by Crippen LogP contribution is 2.37. The normalized spacial score (nSPS) is 19.3. The summed E-state index contributed by atoms with van der Waals surface area (Å²) in [4.78, 5) is 37.5. The van der Waals surface area contributed by atoms with Gasteiger partial charge in [-0.05, 0) is 54.4 Å². The summed E-state index contributed by atoms with van der Waals surface area (Å²) in [6, 6.07) is 0. The predicted octanol–water partition coefficient (Wildman–Crippen LogP) is 0.752. The molecule has 11 heteroatoms. The molecule has 9 nitrogen and oxygen atoms in total. The number of carbonyl (C=O) groups is 3. The zero-order valence-electron chi connectivity index (χ0n) is 22.9.